The van der Waals surface area contributed by atoms with Gasteiger partial charge in [-0.3, -0.25) is 24.0 Å². The first-order valence-electron chi connectivity index (χ1n) is 17.3. The lowest BCUT2D eigenvalue weighted by Gasteiger charge is -2.35. The number of carbonyl (C=O) groups excluding carboxylic acids is 2. The molecule has 1 saturated carbocycles. The number of aryl methyl sites for hydroxylation is 1. The molecule has 4 aromatic carbocycles. The molecular weight excluding hydrogens is 720 g/mol. The van der Waals surface area contributed by atoms with Crippen molar-refractivity contribution in [2.24, 2.45) is 0 Å². The zero-order valence-electron chi connectivity index (χ0n) is 29.9. The SMILES string of the molecule is COc1cccc(CN(C(=O)CN(c2cc(Cl)ccc2OC)S(=O)(=O)c2ccc(C)c([N+](=O)[O-])c2)C(Cc2ccccc2)C(=O)NC2CCCCC2)c1. The standard InChI is InChI=1S/C39H43ClN4O8S/c1-27-17-19-33(24-34(27)44(47)48)53(49,50)43(35-23-30(40)18-20-37(35)52-3)26-38(45)42(25-29-13-10-16-32(21-29)51-2)36(22-28-11-6-4-7-12-28)39(46)41-31-14-8-5-9-15-31/h4,6-7,10-13,16-21,23-24,31,36H,5,8-9,14-15,22,25-26H2,1-3H3,(H,41,46). The summed E-state index contributed by atoms with van der Waals surface area (Å²) in [6, 6.07) is 23.1. The second-order valence-corrected chi connectivity index (χ2v) is 15.3. The fourth-order valence-electron chi connectivity index (χ4n) is 6.51. The van der Waals surface area contributed by atoms with Crippen molar-refractivity contribution in [3.8, 4) is 11.5 Å². The van der Waals surface area contributed by atoms with Gasteiger partial charge in [0.15, 0.2) is 0 Å². The van der Waals surface area contributed by atoms with Gasteiger partial charge >= 0.3 is 0 Å². The van der Waals surface area contributed by atoms with Crippen molar-refractivity contribution in [2.45, 2.75) is 69.0 Å². The lowest BCUT2D eigenvalue weighted by atomic mass is 9.94. The monoisotopic (exact) mass is 762 g/mol. The van der Waals surface area contributed by atoms with E-state index in [-0.39, 0.29) is 46.9 Å². The molecule has 12 nitrogen and oxygen atoms in total. The van der Waals surface area contributed by atoms with Crippen LogP contribution in [0.2, 0.25) is 5.02 Å². The number of anilines is 1. The molecule has 0 heterocycles. The summed E-state index contributed by atoms with van der Waals surface area (Å²) >= 11 is 6.38. The van der Waals surface area contributed by atoms with Crippen LogP contribution in [0.3, 0.4) is 0 Å². The average Bonchev–Trinajstić information content (AvgIpc) is 3.15. The zero-order valence-corrected chi connectivity index (χ0v) is 31.4. The van der Waals surface area contributed by atoms with Crippen LogP contribution >= 0.6 is 11.6 Å². The molecule has 1 aliphatic rings. The summed E-state index contributed by atoms with van der Waals surface area (Å²) in [4.78, 5) is 41.5. The number of halogens is 1. The highest BCUT2D eigenvalue weighted by molar-refractivity contribution is 7.92. The smallest absolute Gasteiger partial charge is 0.273 e. The van der Waals surface area contributed by atoms with E-state index in [0.29, 0.717) is 11.3 Å². The Kier molecular flexibility index (Phi) is 13.0. The van der Waals surface area contributed by atoms with Gasteiger partial charge in [0.2, 0.25) is 11.8 Å². The van der Waals surface area contributed by atoms with Crippen LogP contribution in [0, 0.1) is 17.0 Å². The highest BCUT2D eigenvalue weighted by Gasteiger charge is 2.37. The second kappa shape index (κ2) is 17.6. The van der Waals surface area contributed by atoms with Crippen LogP contribution < -0.4 is 19.1 Å². The molecule has 0 aromatic heterocycles. The molecular formula is C39H43ClN4O8S. The fourth-order valence-corrected chi connectivity index (χ4v) is 8.11. The molecule has 280 valence electrons. The second-order valence-electron chi connectivity index (χ2n) is 13.0. The van der Waals surface area contributed by atoms with E-state index in [1.165, 1.54) is 56.4 Å². The van der Waals surface area contributed by atoms with Crippen molar-refractivity contribution in [3.63, 3.8) is 0 Å². The summed E-state index contributed by atoms with van der Waals surface area (Å²) < 4.78 is 41.0. The molecule has 5 rings (SSSR count). The minimum absolute atomic E-state index is 0.0618. The normalized spacial score (nSPS) is 13.8. The third-order valence-electron chi connectivity index (χ3n) is 9.36. The highest BCUT2D eigenvalue weighted by Crippen LogP contribution is 2.36. The molecule has 0 saturated heterocycles. The maximum absolute atomic E-state index is 14.9. The van der Waals surface area contributed by atoms with Crippen molar-refractivity contribution in [2.75, 3.05) is 25.1 Å². The van der Waals surface area contributed by atoms with Gasteiger partial charge < -0.3 is 19.7 Å². The third-order valence-corrected chi connectivity index (χ3v) is 11.4. The summed E-state index contributed by atoms with van der Waals surface area (Å²) in [5.41, 5.74) is 1.23. The van der Waals surface area contributed by atoms with Gasteiger partial charge in [0.05, 0.1) is 29.7 Å². The number of hydrogen-bond donors (Lipinski definition) is 1. The van der Waals surface area contributed by atoms with Crippen molar-refractivity contribution >= 4 is 44.8 Å². The summed E-state index contributed by atoms with van der Waals surface area (Å²) in [6.45, 7) is 0.631. The van der Waals surface area contributed by atoms with E-state index in [1.54, 1.807) is 24.3 Å². The largest absolute Gasteiger partial charge is 0.497 e. The summed E-state index contributed by atoms with van der Waals surface area (Å²) in [6.07, 6.45) is 4.82. The van der Waals surface area contributed by atoms with E-state index >= 15 is 0 Å². The first-order valence-corrected chi connectivity index (χ1v) is 19.1. The maximum Gasteiger partial charge on any atom is 0.273 e. The van der Waals surface area contributed by atoms with Gasteiger partial charge in [0.1, 0.15) is 24.1 Å². The quantitative estimate of drug-likeness (QED) is 0.102. The first kappa shape index (κ1) is 39.1. The Balaban J connectivity index is 1.64. The number of rotatable bonds is 15. The summed E-state index contributed by atoms with van der Waals surface area (Å²) in [5.74, 6) is -0.446. The van der Waals surface area contributed by atoms with Crippen molar-refractivity contribution in [1.82, 2.24) is 10.2 Å². The van der Waals surface area contributed by atoms with E-state index in [9.17, 15) is 28.1 Å². The van der Waals surface area contributed by atoms with E-state index in [2.05, 4.69) is 5.32 Å². The minimum Gasteiger partial charge on any atom is -0.497 e. The number of nitrogens with one attached hydrogen (secondary N) is 1. The number of carbonyl (C=O) groups is 2. The maximum atomic E-state index is 14.9. The summed E-state index contributed by atoms with van der Waals surface area (Å²) in [5, 5.41) is 15.2. The molecule has 1 aliphatic carbocycles. The van der Waals surface area contributed by atoms with E-state index in [4.69, 9.17) is 21.1 Å². The van der Waals surface area contributed by atoms with Gasteiger partial charge in [-0.25, -0.2) is 8.42 Å². The Morgan fingerprint density at radius 3 is 2.32 bits per heavy atom. The average molecular weight is 763 g/mol. The van der Waals surface area contributed by atoms with E-state index in [0.717, 1.165) is 48.0 Å². The Hall–Kier alpha value is -5.14. The van der Waals surface area contributed by atoms with Gasteiger partial charge in [0, 0.05) is 35.7 Å². The van der Waals surface area contributed by atoms with Crippen molar-refractivity contribution in [3.05, 3.63) is 123 Å². The van der Waals surface area contributed by atoms with Crippen LogP contribution in [0.15, 0.2) is 95.9 Å². The molecule has 0 spiro atoms. The molecule has 0 radical (unpaired) electrons. The van der Waals surface area contributed by atoms with Crippen molar-refractivity contribution < 1.29 is 32.4 Å². The lowest BCUT2D eigenvalue weighted by Crippen LogP contribution is -2.55. The molecule has 2 amide bonds. The Bertz CT molecular complexity index is 2040. The lowest BCUT2D eigenvalue weighted by molar-refractivity contribution is -0.385. The molecule has 1 N–H and O–H groups in total. The van der Waals surface area contributed by atoms with E-state index < -0.39 is 44.0 Å². The molecule has 1 unspecified atom stereocenters. The van der Waals surface area contributed by atoms with Crippen LogP contribution in [0.4, 0.5) is 11.4 Å². The minimum atomic E-state index is -4.69. The fraction of sp³-hybridized carbons (Fsp3) is 0.333. The number of hydrogen-bond acceptors (Lipinski definition) is 8. The number of nitrogens with zero attached hydrogens (tertiary/aromatic N) is 3. The zero-order chi connectivity index (χ0) is 38.1. The molecule has 0 aliphatic heterocycles. The van der Waals surface area contributed by atoms with Crippen LogP contribution in [-0.2, 0) is 32.6 Å². The van der Waals surface area contributed by atoms with E-state index in [1.807, 2.05) is 30.3 Å². The Labute approximate surface area is 314 Å². The number of ether oxygens (including phenoxy) is 2. The topological polar surface area (TPSA) is 148 Å². The van der Waals surface area contributed by atoms with Gasteiger partial charge in [-0.05, 0) is 67.3 Å². The van der Waals surface area contributed by atoms with Crippen molar-refractivity contribution in [1.29, 1.82) is 0 Å². The molecule has 1 fully saturated rings. The number of amides is 2. The predicted molar refractivity (Wildman–Crippen MR) is 203 cm³/mol. The molecule has 1 atom stereocenters. The Morgan fingerprint density at radius 1 is 0.925 bits per heavy atom. The molecule has 14 heteroatoms. The van der Waals surface area contributed by atoms with Gasteiger partial charge in [-0.2, -0.15) is 0 Å². The Morgan fingerprint density at radius 2 is 1.64 bits per heavy atom. The number of nitro groups is 1. The van der Waals surface area contributed by atoms with Crippen LogP contribution in [0.1, 0.15) is 48.8 Å². The summed E-state index contributed by atoms with van der Waals surface area (Å²) in [7, 11) is -1.83. The van der Waals surface area contributed by atoms with Gasteiger partial charge in [-0.15, -0.1) is 0 Å². The highest BCUT2D eigenvalue weighted by atomic mass is 35.5. The van der Waals surface area contributed by atoms with Gasteiger partial charge in [0.25, 0.3) is 15.7 Å². The van der Waals surface area contributed by atoms with Crippen LogP contribution in [0.5, 0.6) is 11.5 Å². The molecule has 0 bridgehead atoms. The van der Waals surface area contributed by atoms with Crippen LogP contribution in [0.25, 0.3) is 0 Å². The third kappa shape index (κ3) is 9.65. The number of benzene rings is 4. The predicted octanol–water partition coefficient (Wildman–Crippen LogP) is 6.86. The van der Waals surface area contributed by atoms with Gasteiger partial charge in [-0.1, -0.05) is 79.4 Å². The number of nitro benzene ring substituents is 1. The van der Waals surface area contributed by atoms with Crippen LogP contribution in [-0.4, -0.2) is 62.9 Å². The molecule has 53 heavy (non-hydrogen) atoms. The number of methoxy groups -OCH3 is 2. The molecule has 4 aromatic rings. The number of sulfonamides is 1. The first-order chi connectivity index (χ1) is 25.4.